The number of hydrogen-bond acceptors (Lipinski definition) is 2. The van der Waals surface area contributed by atoms with E-state index in [1.165, 1.54) is 77.2 Å². The topological polar surface area (TPSA) is 6.48 Å². The predicted molar refractivity (Wildman–Crippen MR) is 257 cm³/mol. The Hall–Kier alpha value is -7.68. The number of nitrogens with zero attached hydrogens (tertiary/aromatic N) is 2. The highest BCUT2D eigenvalue weighted by atomic mass is 15.1. The van der Waals surface area contributed by atoms with Crippen LogP contribution in [0.5, 0.6) is 0 Å². The van der Waals surface area contributed by atoms with Gasteiger partial charge in [-0.3, -0.25) is 0 Å². The number of benzene rings is 10. The molecule has 2 nitrogen and oxygen atoms in total. The van der Waals surface area contributed by atoms with E-state index >= 15 is 0 Å². The van der Waals surface area contributed by atoms with Gasteiger partial charge < -0.3 is 9.80 Å². The molecule has 0 heterocycles. The van der Waals surface area contributed by atoms with E-state index in [4.69, 9.17) is 0 Å². The fraction of sp³-hybridized carbons (Fsp3) is 0.0508. The first kappa shape index (κ1) is 35.3. The largest absolute Gasteiger partial charge is 0.310 e. The molecule has 2 aliphatic carbocycles. The smallest absolute Gasteiger partial charge is 0.0727 e. The summed E-state index contributed by atoms with van der Waals surface area (Å²) >= 11 is 0. The van der Waals surface area contributed by atoms with Crippen LogP contribution in [0.3, 0.4) is 0 Å². The molecule has 0 radical (unpaired) electrons. The van der Waals surface area contributed by atoms with Crippen LogP contribution in [-0.4, -0.2) is 0 Å². The maximum Gasteiger partial charge on any atom is 0.0727 e. The lowest BCUT2D eigenvalue weighted by molar-refractivity contribution is 0.793. The number of hydrogen-bond donors (Lipinski definition) is 0. The molecule has 2 aliphatic rings. The molecule has 0 aliphatic heterocycles. The van der Waals surface area contributed by atoms with Gasteiger partial charge in [-0.1, -0.05) is 163 Å². The van der Waals surface area contributed by atoms with Crippen LogP contribution in [0.2, 0.25) is 0 Å². The quantitative estimate of drug-likeness (QED) is 0.166. The van der Waals surface area contributed by atoms with Gasteiger partial charge in [0.25, 0.3) is 0 Å². The Kier molecular flexibility index (Phi) is 7.92. The lowest BCUT2D eigenvalue weighted by Gasteiger charge is -2.33. The van der Waals surface area contributed by atoms with Crippen molar-refractivity contribution in [1.82, 2.24) is 0 Å². The second-order valence-corrected chi connectivity index (χ2v) is 16.7. The average Bonchev–Trinajstić information content (AvgIpc) is 3.77. The zero-order valence-electron chi connectivity index (χ0n) is 34.2. The Morgan fingerprint density at radius 2 is 0.738 bits per heavy atom. The van der Waals surface area contributed by atoms with Crippen LogP contribution in [0.4, 0.5) is 34.1 Å². The zero-order valence-corrected chi connectivity index (χ0v) is 34.2. The molecular weight excluding hydrogens is 737 g/mol. The zero-order chi connectivity index (χ0) is 40.7. The van der Waals surface area contributed by atoms with Gasteiger partial charge in [0.2, 0.25) is 0 Å². The highest BCUT2D eigenvalue weighted by Crippen LogP contribution is 2.64. The summed E-state index contributed by atoms with van der Waals surface area (Å²) in [6, 6.07) is 81.4. The van der Waals surface area contributed by atoms with Crippen LogP contribution in [0.15, 0.2) is 218 Å². The molecule has 0 bridgehead atoms. The average molecular weight is 779 g/mol. The normalized spacial score (nSPS) is 12.9. The number of fused-ring (bicyclic) bond motifs is 12. The van der Waals surface area contributed by atoms with Crippen LogP contribution in [0, 0.1) is 13.8 Å². The van der Waals surface area contributed by atoms with E-state index < -0.39 is 5.41 Å². The molecule has 0 atom stereocenters. The Morgan fingerprint density at radius 1 is 0.295 bits per heavy atom. The SMILES string of the molecule is Cc1ccc(N(c2ccc3c(c2)C2(c4ccccc4-c4ccccc42)c2cc(N(c4ccc(C)cc4)c4cccc5ccccc45)ccc2-3)c2ccc3ccccc3c2)cc1. The highest BCUT2D eigenvalue weighted by Gasteiger charge is 2.52. The van der Waals surface area contributed by atoms with Gasteiger partial charge in [-0.15, -0.1) is 0 Å². The fourth-order valence-electron chi connectivity index (χ4n) is 10.4. The minimum absolute atomic E-state index is 0.552. The number of anilines is 6. The van der Waals surface area contributed by atoms with E-state index in [-0.39, 0.29) is 0 Å². The summed E-state index contributed by atoms with van der Waals surface area (Å²) in [6.07, 6.45) is 0. The van der Waals surface area contributed by atoms with Gasteiger partial charge in [0, 0.05) is 33.8 Å². The van der Waals surface area contributed by atoms with E-state index in [9.17, 15) is 0 Å². The second kappa shape index (κ2) is 13.7. The molecule has 0 saturated carbocycles. The van der Waals surface area contributed by atoms with E-state index in [2.05, 4.69) is 242 Å². The molecule has 0 amide bonds. The Labute approximate surface area is 357 Å². The summed E-state index contributed by atoms with van der Waals surface area (Å²) in [5.74, 6) is 0. The third-order valence-corrected chi connectivity index (χ3v) is 13.2. The third-order valence-electron chi connectivity index (χ3n) is 13.2. The minimum atomic E-state index is -0.552. The summed E-state index contributed by atoms with van der Waals surface area (Å²) in [5, 5.41) is 4.89. The van der Waals surface area contributed by atoms with Crippen molar-refractivity contribution in [2.24, 2.45) is 0 Å². The maximum absolute atomic E-state index is 2.50. The summed E-state index contributed by atoms with van der Waals surface area (Å²) < 4.78 is 0. The minimum Gasteiger partial charge on any atom is -0.310 e. The van der Waals surface area contributed by atoms with Crippen LogP contribution in [0.1, 0.15) is 33.4 Å². The number of aryl methyl sites for hydroxylation is 2. The van der Waals surface area contributed by atoms with Crippen molar-refractivity contribution >= 4 is 55.7 Å². The number of rotatable bonds is 6. The van der Waals surface area contributed by atoms with Crippen LogP contribution < -0.4 is 9.80 Å². The van der Waals surface area contributed by atoms with Gasteiger partial charge in [0.1, 0.15) is 0 Å². The standard InChI is InChI=1S/C59H42N2/c1-39-22-27-44(28-23-39)60(46-31-26-41-12-3-4-14-43(41)36-46)47-32-34-52-53-35-33-48(61(45-29-24-40(2)25-30-45)58-21-11-15-42-13-5-6-16-49(42)58)38-57(53)59(56(52)37-47)54-19-9-7-17-50(54)51-18-8-10-20-55(51)59/h3-38H,1-2H3. The van der Waals surface area contributed by atoms with Crippen molar-refractivity contribution in [3.8, 4) is 22.3 Å². The fourth-order valence-corrected chi connectivity index (χ4v) is 10.4. The van der Waals surface area contributed by atoms with Gasteiger partial charge in [0.15, 0.2) is 0 Å². The lowest BCUT2D eigenvalue weighted by Crippen LogP contribution is -2.26. The molecule has 0 fully saturated rings. The Balaban J connectivity index is 1.13. The van der Waals surface area contributed by atoms with Crippen molar-refractivity contribution in [2.75, 3.05) is 9.80 Å². The first-order chi connectivity index (χ1) is 30.1. The predicted octanol–water partition coefficient (Wildman–Crippen LogP) is 15.9. The third kappa shape index (κ3) is 5.35. The van der Waals surface area contributed by atoms with Crippen molar-refractivity contribution in [3.63, 3.8) is 0 Å². The Morgan fingerprint density at radius 3 is 1.38 bits per heavy atom. The molecule has 2 heteroatoms. The molecule has 0 unspecified atom stereocenters. The van der Waals surface area contributed by atoms with Crippen molar-refractivity contribution in [1.29, 1.82) is 0 Å². The van der Waals surface area contributed by atoms with Gasteiger partial charge in [0.05, 0.1) is 11.1 Å². The summed E-state index contributed by atoms with van der Waals surface area (Å²) in [5.41, 5.74) is 19.1. The van der Waals surface area contributed by atoms with Crippen LogP contribution in [-0.2, 0) is 5.41 Å². The molecule has 0 saturated heterocycles. The molecule has 10 aromatic rings. The molecule has 12 rings (SSSR count). The van der Waals surface area contributed by atoms with Crippen molar-refractivity contribution in [2.45, 2.75) is 19.3 Å². The first-order valence-electron chi connectivity index (χ1n) is 21.3. The molecule has 0 N–H and O–H groups in total. The molecule has 10 aromatic carbocycles. The molecular formula is C59H42N2. The highest BCUT2D eigenvalue weighted by molar-refractivity contribution is 6.01. The van der Waals surface area contributed by atoms with E-state index in [1.54, 1.807) is 0 Å². The maximum atomic E-state index is 2.50. The van der Waals surface area contributed by atoms with E-state index in [1.807, 2.05) is 0 Å². The van der Waals surface area contributed by atoms with E-state index in [0.717, 1.165) is 34.1 Å². The Bertz CT molecular complexity index is 3290. The molecule has 1 spiro atoms. The monoisotopic (exact) mass is 778 g/mol. The van der Waals surface area contributed by atoms with Crippen LogP contribution in [0.25, 0.3) is 43.8 Å². The second-order valence-electron chi connectivity index (χ2n) is 16.7. The van der Waals surface area contributed by atoms with Gasteiger partial charge in [-0.2, -0.15) is 0 Å². The summed E-state index contributed by atoms with van der Waals surface area (Å²) in [4.78, 5) is 4.89. The summed E-state index contributed by atoms with van der Waals surface area (Å²) in [7, 11) is 0. The first-order valence-corrected chi connectivity index (χ1v) is 21.3. The van der Waals surface area contributed by atoms with Gasteiger partial charge in [-0.05, 0) is 141 Å². The molecule has 61 heavy (non-hydrogen) atoms. The van der Waals surface area contributed by atoms with Gasteiger partial charge in [-0.25, -0.2) is 0 Å². The summed E-state index contributed by atoms with van der Waals surface area (Å²) in [6.45, 7) is 4.32. The van der Waals surface area contributed by atoms with Crippen molar-refractivity contribution < 1.29 is 0 Å². The van der Waals surface area contributed by atoms with Crippen molar-refractivity contribution in [3.05, 3.63) is 252 Å². The lowest BCUT2D eigenvalue weighted by atomic mass is 9.70. The van der Waals surface area contributed by atoms with Gasteiger partial charge >= 0.3 is 0 Å². The molecule has 288 valence electrons. The molecule has 0 aromatic heterocycles. The van der Waals surface area contributed by atoms with E-state index in [0.29, 0.717) is 0 Å². The van der Waals surface area contributed by atoms with Crippen LogP contribution >= 0.6 is 0 Å².